The molecule has 1 amide bonds. The molecule has 0 bridgehead atoms. The number of nitrogens with one attached hydrogen (secondary N) is 1. The van der Waals surface area contributed by atoms with Gasteiger partial charge in [-0.15, -0.1) is 0 Å². The molecule has 2 aromatic carbocycles. The molecular formula is C23H24N4O. The van der Waals surface area contributed by atoms with Gasteiger partial charge in [0, 0.05) is 18.7 Å². The van der Waals surface area contributed by atoms with Crippen molar-refractivity contribution in [3.8, 4) is 0 Å². The van der Waals surface area contributed by atoms with Gasteiger partial charge in [-0.1, -0.05) is 60.7 Å². The van der Waals surface area contributed by atoms with Crippen molar-refractivity contribution in [3.63, 3.8) is 0 Å². The molecule has 5 nitrogen and oxygen atoms in total. The normalized spacial score (nSPS) is 17.5. The number of hydrogen-bond donors (Lipinski definition) is 1. The number of amides is 1. The van der Waals surface area contributed by atoms with E-state index in [1.54, 1.807) is 6.20 Å². The summed E-state index contributed by atoms with van der Waals surface area (Å²) in [6, 6.07) is 22.5. The first-order valence-corrected chi connectivity index (χ1v) is 9.71. The van der Waals surface area contributed by atoms with E-state index >= 15 is 0 Å². The third-order valence-electron chi connectivity index (χ3n) is 5.17. The lowest BCUT2D eigenvalue weighted by Gasteiger charge is -2.24. The molecule has 0 radical (unpaired) electrons. The molecule has 28 heavy (non-hydrogen) atoms. The van der Waals surface area contributed by atoms with Crippen molar-refractivity contribution in [2.24, 2.45) is 0 Å². The standard InChI is InChI=1S/C23H24N4O/c1-17(19-10-6-3-7-11-19)25-23-24-15-14-21(26-23)27-20(12-13-22(27)28)16-18-8-4-2-5-9-18/h2-11,14-15,17,20H,12-13,16H2,1H3,(H,24,25,26)/t17-,20+/m0/s1. The molecule has 1 saturated heterocycles. The van der Waals surface area contributed by atoms with E-state index in [1.807, 2.05) is 47.4 Å². The van der Waals surface area contributed by atoms with Crippen molar-refractivity contribution >= 4 is 17.7 Å². The molecule has 1 aromatic heterocycles. The number of rotatable bonds is 6. The molecule has 3 aromatic rings. The fourth-order valence-electron chi connectivity index (χ4n) is 3.71. The molecule has 1 N–H and O–H groups in total. The zero-order valence-electron chi connectivity index (χ0n) is 16.0. The van der Waals surface area contributed by atoms with E-state index in [0.717, 1.165) is 18.4 Å². The minimum Gasteiger partial charge on any atom is -0.348 e. The highest BCUT2D eigenvalue weighted by Crippen LogP contribution is 2.28. The molecule has 4 rings (SSSR count). The van der Waals surface area contributed by atoms with Crippen molar-refractivity contribution in [2.45, 2.75) is 38.3 Å². The summed E-state index contributed by atoms with van der Waals surface area (Å²) in [5.41, 5.74) is 2.40. The van der Waals surface area contributed by atoms with Gasteiger partial charge in [-0.05, 0) is 37.0 Å². The van der Waals surface area contributed by atoms with E-state index in [0.29, 0.717) is 18.2 Å². The maximum atomic E-state index is 12.6. The topological polar surface area (TPSA) is 58.1 Å². The number of hydrogen-bond acceptors (Lipinski definition) is 4. The minimum atomic E-state index is 0.0749. The second-order valence-corrected chi connectivity index (χ2v) is 7.16. The van der Waals surface area contributed by atoms with Gasteiger partial charge in [0.25, 0.3) is 0 Å². The molecule has 2 heterocycles. The van der Waals surface area contributed by atoms with Gasteiger partial charge in [-0.2, -0.15) is 4.98 Å². The van der Waals surface area contributed by atoms with E-state index in [2.05, 4.69) is 46.5 Å². The van der Waals surface area contributed by atoms with Crippen LogP contribution in [0.15, 0.2) is 72.9 Å². The van der Waals surface area contributed by atoms with E-state index in [9.17, 15) is 4.79 Å². The van der Waals surface area contributed by atoms with Gasteiger partial charge in [0.2, 0.25) is 11.9 Å². The highest BCUT2D eigenvalue weighted by Gasteiger charge is 2.33. The summed E-state index contributed by atoms with van der Waals surface area (Å²) >= 11 is 0. The summed E-state index contributed by atoms with van der Waals surface area (Å²) in [4.78, 5) is 23.4. The van der Waals surface area contributed by atoms with Crippen LogP contribution in [0.2, 0.25) is 0 Å². The van der Waals surface area contributed by atoms with Gasteiger partial charge < -0.3 is 5.32 Å². The first kappa shape index (κ1) is 18.2. The first-order valence-electron chi connectivity index (χ1n) is 9.71. The molecule has 5 heteroatoms. The SMILES string of the molecule is C[C@H](Nc1nccc(N2C(=O)CC[C@@H]2Cc2ccccc2)n1)c1ccccc1. The van der Waals surface area contributed by atoms with Crippen molar-refractivity contribution in [1.82, 2.24) is 9.97 Å². The lowest BCUT2D eigenvalue weighted by Crippen LogP contribution is -2.35. The number of anilines is 2. The molecule has 1 aliphatic heterocycles. The predicted molar refractivity (Wildman–Crippen MR) is 111 cm³/mol. The molecule has 2 atom stereocenters. The van der Waals surface area contributed by atoms with Crippen LogP contribution in [0.4, 0.5) is 11.8 Å². The summed E-state index contributed by atoms with van der Waals surface area (Å²) < 4.78 is 0. The molecule has 0 spiro atoms. The number of carbonyl (C=O) groups excluding carboxylic acids is 1. The Morgan fingerprint density at radius 3 is 2.54 bits per heavy atom. The zero-order valence-corrected chi connectivity index (χ0v) is 16.0. The van der Waals surface area contributed by atoms with Crippen LogP contribution >= 0.6 is 0 Å². The summed E-state index contributed by atoms with van der Waals surface area (Å²) in [6.45, 7) is 2.07. The van der Waals surface area contributed by atoms with Crippen LogP contribution in [0, 0.1) is 0 Å². The summed E-state index contributed by atoms with van der Waals surface area (Å²) in [6.07, 6.45) is 3.96. The van der Waals surface area contributed by atoms with Crippen LogP contribution in [0.1, 0.15) is 36.9 Å². The molecule has 1 fully saturated rings. The van der Waals surface area contributed by atoms with Gasteiger partial charge in [0.05, 0.1) is 6.04 Å². The van der Waals surface area contributed by atoms with Crippen LogP contribution < -0.4 is 10.2 Å². The Kier molecular flexibility index (Phi) is 5.33. The second-order valence-electron chi connectivity index (χ2n) is 7.16. The largest absolute Gasteiger partial charge is 0.348 e. The number of carbonyl (C=O) groups is 1. The average molecular weight is 372 g/mol. The Bertz CT molecular complexity index is 930. The fraction of sp³-hybridized carbons (Fsp3) is 0.261. The summed E-state index contributed by atoms with van der Waals surface area (Å²) in [5, 5.41) is 3.34. The lowest BCUT2D eigenvalue weighted by molar-refractivity contribution is -0.117. The quantitative estimate of drug-likeness (QED) is 0.697. The molecular weight excluding hydrogens is 348 g/mol. The number of aromatic nitrogens is 2. The molecule has 0 saturated carbocycles. The fourth-order valence-corrected chi connectivity index (χ4v) is 3.71. The Labute approximate surface area is 165 Å². The van der Waals surface area contributed by atoms with Gasteiger partial charge in [-0.25, -0.2) is 4.98 Å². The number of benzene rings is 2. The van der Waals surface area contributed by atoms with Crippen LogP contribution in [-0.4, -0.2) is 21.9 Å². The molecule has 0 unspecified atom stereocenters. The second kappa shape index (κ2) is 8.21. The highest BCUT2D eigenvalue weighted by atomic mass is 16.2. The maximum absolute atomic E-state index is 12.6. The predicted octanol–water partition coefficient (Wildman–Crippen LogP) is 4.39. The zero-order chi connectivity index (χ0) is 19.3. The Balaban J connectivity index is 1.53. The van der Waals surface area contributed by atoms with E-state index < -0.39 is 0 Å². The average Bonchev–Trinajstić information content (AvgIpc) is 3.09. The van der Waals surface area contributed by atoms with Gasteiger partial charge in [0.15, 0.2) is 0 Å². The monoisotopic (exact) mass is 372 g/mol. The van der Waals surface area contributed by atoms with Gasteiger partial charge in [0.1, 0.15) is 5.82 Å². The van der Waals surface area contributed by atoms with Gasteiger partial charge >= 0.3 is 0 Å². The number of nitrogens with zero attached hydrogens (tertiary/aromatic N) is 3. The Morgan fingerprint density at radius 1 is 1.07 bits per heavy atom. The smallest absolute Gasteiger partial charge is 0.228 e. The Hall–Kier alpha value is -3.21. The lowest BCUT2D eigenvalue weighted by atomic mass is 10.0. The van der Waals surface area contributed by atoms with Crippen molar-refractivity contribution < 1.29 is 4.79 Å². The maximum Gasteiger partial charge on any atom is 0.228 e. The van der Waals surface area contributed by atoms with E-state index in [1.165, 1.54) is 5.56 Å². The highest BCUT2D eigenvalue weighted by molar-refractivity contribution is 5.95. The van der Waals surface area contributed by atoms with E-state index in [4.69, 9.17) is 0 Å². The third kappa shape index (κ3) is 4.03. The Morgan fingerprint density at radius 2 is 1.79 bits per heavy atom. The van der Waals surface area contributed by atoms with Gasteiger partial charge in [-0.3, -0.25) is 9.69 Å². The van der Waals surface area contributed by atoms with Crippen molar-refractivity contribution in [3.05, 3.63) is 84.1 Å². The molecule has 1 aliphatic rings. The van der Waals surface area contributed by atoms with Crippen LogP contribution in [-0.2, 0) is 11.2 Å². The summed E-state index contributed by atoms with van der Waals surface area (Å²) in [7, 11) is 0. The van der Waals surface area contributed by atoms with Crippen molar-refractivity contribution in [1.29, 1.82) is 0 Å². The minimum absolute atomic E-state index is 0.0749. The van der Waals surface area contributed by atoms with Crippen LogP contribution in [0.25, 0.3) is 0 Å². The third-order valence-corrected chi connectivity index (χ3v) is 5.17. The molecule has 142 valence electrons. The van der Waals surface area contributed by atoms with Crippen LogP contribution in [0.5, 0.6) is 0 Å². The van der Waals surface area contributed by atoms with Crippen LogP contribution in [0.3, 0.4) is 0 Å². The summed E-state index contributed by atoms with van der Waals surface area (Å²) in [5.74, 6) is 1.33. The molecule has 0 aliphatic carbocycles. The van der Waals surface area contributed by atoms with Crippen molar-refractivity contribution in [2.75, 3.05) is 10.2 Å². The van der Waals surface area contributed by atoms with E-state index in [-0.39, 0.29) is 18.0 Å². The first-order chi connectivity index (χ1) is 13.7.